The van der Waals surface area contributed by atoms with E-state index in [0.717, 1.165) is 23.2 Å². The van der Waals surface area contributed by atoms with Crippen LogP contribution in [0.4, 0.5) is 0 Å². The Labute approximate surface area is 99.5 Å². The Balaban J connectivity index is 4.19. The molecular weight excluding hydrogens is 289 g/mol. The van der Waals surface area contributed by atoms with E-state index in [-0.39, 0.29) is 5.78 Å². The van der Waals surface area contributed by atoms with E-state index in [2.05, 4.69) is 40.6 Å². The highest BCUT2D eigenvalue weighted by molar-refractivity contribution is 14.1. The summed E-state index contributed by atoms with van der Waals surface area (Å²) in [6, 6.07) is 0. The molecule has 0 aliphatic heterocycles. The Bertz CT molecular complexity index is 236. The summed E-state index contributed by atoms with van der Waals surface area (Å²) in [4.78, 5) is 13.0. The van der Waals surface area contributed by atoms with Gasteiger partial charge in [-0.05, 0) is 35.6 Å². The van der Waals surface area contributed by atoms with E-state index in [0.29, 0.717) is 0 Å². The fourth-order valence-electron chi connectivity index (χ4n) is 1.05. The lowest BCUT2D eigenvalue weighted by molar-refractivity contribution is -0.112. The van der Waals surface area contributed by atoms with Crippen molar-refractivity contribution in [1.82, 2.24) is 4.90 Å². The van der Waals surface area contributed by atoms with Crippen molar-refractivity contribution in [1.29, 1.82) is 0 Å². The highest BCUT2D eigenvalue weighted by Crippen LogP contribution is 2.08. The van der Waals surface area contributed by atoms with Crippen LogP contribution in [0.15, 0.2) is 35.0 Å². The number of hydrogen-bond donors (Lipinski definition) is 0. The molecule has 3 heteroatoms. The summed E-state index contributed by atoms with van der Waals surface area (Å²) in [5.74, 6) is 0.0894. The maximum absolute atomic E-state index is 10.8. The van der Waals surface area contributed by atoms with Crippen LogP contribution < -0.4 is 0 Å². The Morgan fingerprint density at radius 1 is 1.36 bits per heavy atom. The van der Waals surface area contributed by atoms with E-state index in [4.69, 9.17) is 0 Å². The highest BCUT2D eigenvalue weighted by atomic mass is 127. The Kier molecular flexibility index (Phi) is 7.70. The van der Waals surface area contributed by atoms with Gasteiger partial charge in [0.25, 0.3) is 0 Å². The molecule has 0 rings (SSSR count). The van der Waals surface area contributed by atoms with Crippen molar-refractivity contribution in [3.05, 3.63) is 35.0 Å². The summed E-state index contributed by atoms with van der Waals surface area (Å²) in [6.45, 7) is 11.3. The minimum atomic E-state index is 0.0894. The molecule has 0 saturated carbocycles. The van der Waals surface area contributed by atoms with Gasteiger partial charge < -0.3 is 0 Å². The quantitative estimate of drug-likeness (QED) is 0.409. The van der Waals surface area contributed by atoms with Gasteiger partial charge in [0.05, 0.1) is 0 Å². The van der Waals surface area contributed by atoms with Gasteiger partial charge in [-0.15, -0.1) is 13.2 Å². The van der Waals surface area contributed by atoms with Crippen LogP contribution in [0, 0.1) is 0 Å². The first kappa shape index (κ1) is 13.6. The van der Waals surface area contributed by atoms with Gasteiger partial charge in [0.1, 0.15) is 0 Å². The fourth-order valence-corrected chi connectivity index (χ4v) is 1.97. The lowest BCUT2D eigenvalue weighted by Crippen LogP contribution is -2.25. The molecule has 0 radical (unpaired) electrons. The number of nitrogens with zero attached hydrogens (tertiary/aromatic N) is 1. The number of halogens is 1. The molecule has 0 saturated heterocycles. The Hall–Kier alpha value is -0.420. The van der Waals surface area contributed by atoms with Crippen LogP contribution in [0.3, 0.4) is 0 Å². The summed E-state index contributed by atoms with van der Waals surface area (Å²) < 4.78 is 1.04. The van der Waals surface area contributed by atoms with E-state index >= 15 is 0 Å². The zero-order valence-electron chi connectivity index (χ0n) is 8.50. The first-order valence-corrected chi connectivity index (χ1v) is 5.48. The van der Waals surface area contributed by atoms with Gasteiger partial charge in [-0.1, -0.05) is 12.2 Å². The summed E-state index contributed by atoms with van der Waals surface area (Å²) in [5.41, 5.74) is 0. The second-order valence-electron chi connectivity index (χ2n) is 2.97. The largest absolute Gasteiger partial charge is 0.295 e. The molecule has 0 atom stereocenters. The summed E-state index contributed by atoms with van der Waals surface area (Å²) >= 11 is 2.18. The second kappa shape index (κ2) is 7.94. The van der Waals surface area contributed by atoms with Crippen molar-refractivity contribution in [2.75, 3.05) is 19.6 Å². The summed E-state index contributed by atoms with van der Waals surface area (Å²) in [7, 11) is 0. The topological polar surface area (TPSA) is 20.3 Å². The highest BCUT2D eigenvalue weighted by Gasteiger charge is 2.02. The minimum Gasteiger partial charge on any atom is -0.295 e. The molecule has 14 heavy (non-hydrogen) atoms. The van der Waals surface area contributed by atoms with Crippen molar-refractivity contribution in [2.24, 2.45) is 0 Å². The summed E-state index contributed by atoms with van der Waals surface area (Å²) in [6.07, 6.45) is 5.35. The van der Waals surface area contributed by atoms with Gasteiger partial charge in [0, 0.05) is 23.2 Å². The van der Waals surface area contributed by atoms with Crippen molar-refractivity contribution in [3.8, 4) is 0 Å². The number of hydrogen-bond acceptors (Lipinski definition) is 2. The maximum atomic E-state index is 10.8. The molecule has 0 aromatic rings. The molecule has 0 aromatic carbocycles. The molecule has 0 spiro atoms. The zero-order valence-corrected chi connectivity index (χ0v) is 10.7. The molecule has 0 aromatic heterocycles. The standard InChI is InChI=1S/C11H16INO/c1-4-6-13(7-5-2)9-11(12)8-10(3)14/h4-5,8H,1-2,6-7,9H2,3H3/b11-8-. The fraction of sp³-hybridized carbons (Fsp3) is 0.364. The van der Waals surface area contributed by atoms with Crippen LogP contribution in [0.25, 0.3) is 0 Å². The first-order valence-electron chi connectivity index (χ1n) is 4.41. The minimum absolute atomic E-state index is 0.0894. The Morgan fingerprint density at radius 2 is 1.86 bits per heavy atom. The average Bonchev–Trinajstić information content (AvgIpc) is 2.03. The van der Waals surface area contributed by atoms with Crippen molar-refractivity contribution >= 4 is 28.4 Å². The van der Waals surface area contributed by atoms with Crippen molar-refractivity contribution < 1.29 is 4.79 Å². The van der Waals surface area contributed by atoms with Crippen LogP contribution in [0.1, 0.15) is 6.92 Å². The van der Waals surface area contributed by atoms with Crippen molar-refractivity contribution in [3.63, 3.8) is 0 Å². The first-order chi connectivity index (χ1) is 6.60. The average molecular weight is 305 g/mol. The number of rotatable bonds is 7. The van der Waals surface area contributed by atoms with Crippen LogP contribution >= 0.6 is 22.6 Å². The van der Waals surface area contributed by atoms with E-state index in [1.807, 2.05) is 12.2 Å². The summed E-state index contributed by atoms with van der Waals surface area (Å²) in [5, 5.41) is 0. The zero-order chi connectivity index (χ0) is 11.0. The molecule has 0 bridgehead atoms. The number of carbonyl (C=O) groups is 1. The van der Waals surface area contributed by atoms with Crippen LogP contribution in [-0.4, -0.2) is 30.3 Å². The van der Waals surface area contributed by atoms with E-state index in [1.165, 1.54) is 0 Å². The van der Waals surface area contributed by atoms with Gasteiger partial charge in [-0.3, -0.25) is 9.69 Å². The number of ketones is 1. The predicted molar refractivity (Wildman–Crippen MR) is 69.6 cm³/mol. The van der Waals surface area contributed by atoms with Gasteiger partial charge in [-0.2, -0.15) is 0 Å². The predicted octanol–water partition coefficient (Wildman–Crippen LogP) is 2.57. The lowest BCUT2D eigenvalue weighted by Gasteiger charge is -2.17. The lowest BCUT2D eigenvalue weighted by atomic mass is 10.3. The van der Waals surface area contributed by atoms with E-state index in [1.54, 1.807) is 13.0 Å². The third-order valence-corrected chi connectivity index (χ3v) is 2.16. The van der Waals surface area contributed by atoms with E-state index < -0.39 is 0 Å². The molecule has 0 unspecified atom stereocenters. The monoisotopic (exact) mass is 305 g/mol. The van der Waals surface area contributed by atoms with Gasteiger partial charge in [0.15, 0.2) is 5.78 Å². The molecule has 2 nitrogen and oxygen atoms in total. The molecule has 78 valence electrons. The van der Waals surface area contributed by atoms with Gasteiger partial charge in [0.2, 0.25) is 0 Å². The van der Waals surface area contributed by atoms with Crippen LogP contribution in [0.5, 0.6) is 0 Å². The Morgan fingerprint density at radius 3 is 2.21 bits per heavy atom. The molecule has 0 fully saturated rings. The third-order valence-electron chi connectivity index (χ3n) is 1.51. The normalized spacial score (nSPS) is 11.5. The van der Waals surface area contributed by atoms with Crippen LogP contribution in [-0.2, 0) is 4.79 Å². The maximum Gasteiger partial charge on any atom is 0.153 e. The van der Waals surface area contributed by atoms with Gasteiger partial charge in [-0.25, -0.2) is 0 Å². The second-order valence-corrected chi connectivity index (χ2v) is 4.36. The third kappa shape index (κ3) is 7.03. The molecule has 0 amide bonds. The number of carbonyl (C=O) groups excluding carboxylic acids is 1. The molecular formula is C11H16INO. The van der Waals surface area contributed by atoms with Crippen molar-refractivity contribution in [2.45, 2.75) is 6.92 Å². The van der Waals surface area contributed by atoms with Crippen LogP contribution in [0.2, 0.25) is 0 Å². The number of allylic oxidation sites excluding steroid dienone is 1. The molecule has 0 heterocycles. The van der Waals surface area contributed by atoms with E-state index in [9.17, 15) is 4.79 Å². The SMILES string of the molecule is C=CCN(CC=C)C/C(I)=C/C(C)=O. The van der Waals surface area contributed by atoms with Gasteiger partial charge >= 0.3 is 0 Å². The molecule has 0 N–H and O–H groups in total. The smallest absolute Gasteiger partial charge is 0.153 e. The molecule has 0 aliphatic rings. The molecule has 0 aliphatic carbocycles.